The van der Waals surface area contributed by atoms with Crippen LogP contribution in [-0.4, -0.2) is 11.6 Å². The minimum Gasteiger partial charge on any atom is -0.460 e. The third kappa shape index (κ3) is 4.58. The van der Waals surface area contributed by atoms with Crippen LogP contribution in [0.4, 0.5) is 4.39 Å². The number of benzene rings is 1. The van der Waals surface area contributed by atoms with Crippen molar-refractivity contribution in [1.29, 1.82) is 0 Å². The maximum atomic E-state index is 12.6. The van der Waals surface area contributed by atoms with E-state index in [1.807, 2.05) is 20.8 Å². The predicted octanol–water partition coefficient (Wildman–Crippen LogP) is 2.71. The largest absolute Gasteiger partial charge is 0.460 e. The highest BCUT2D eigenvalue weighted by Gasteiger charge is 2.16. The van der Waals surface area contributed by atoms with Gasteiger partial charge in [0.25, 0.3) is 0 Å². The van der Waals surface area contributed by atoms with Gasteiger partial charge in [-0.2, -0.15) is 0 Å². The molecule has 0 aliphatic rings. The Morgan fingerprint density at radius 3 is 2.27 bits per heavy atom. The molecule has 82 valence electrons. The van der Waals surface area contributed by atoms with Crippen molar-refractivity contribution < 1.29 is 13.9 Å². The van der Waals surface area contributed by atoms with Crippen LogP contribution in [0, 0.1) is 5.82 Å². The number of hydrogen-bond donors (Lipinski definition) is 0. The molecule has 0 bridgehead atoms. The lowest BCUT2D eigenvalue weighted by molar-refractivity contribution is -0.153. The van der Waals surface area contributed by atoms with Gasteiger partial charge in [-0.15, -0.1) is 0 Å². The van der Waals surface area contributed by atoms with Crippen LogP contribution >= 0.6 is 0 Å². The number of hydrogen-bond acceptors (Lipinski definition) is 2. The molecule has 0 saturated carbocycles. The van der Waals surface area contributed by atoms with Crippen LogP contribution in [0.1, 0.15) is 26.3 Å². The van der Waals surface area contributed by atoms with E-state index >= 15 is 0 Å². The van der Waals surface area contributed by atoms with E-state index in [4.69, 9.17) is 4.74 Å². The van der Waals surface area contributed by atoms with Crippen molar-refractivity contribution >= 4 is 5.97 Å². The van der Waals surface area contributed by atoms with Gasteiger partial charge in [0, 0.05) is 0 Å². The van der Waals surface area contributed by atoms with Crippen LogP contribution in [0.15, 0.2) is 24.3 Å². The second-order valence-electron chi connectivity index (χ2n) is 4.39. The lowest BCUT2D eigenvalue weighted by Gasteiger charge is -2.19. The SMILES string of the molecule is CC(C)(C)OC(=O)Cc1ccc(F)cc1. The van der Waals surface area contributed by atoms with Gasteiger partial charge in [-0.25, -0.2) is 4.39 Å². The zero-order valence-electron chi connectivity index (χ0n) is 9.21. The summed E-state index contributed by atoms with van der Waals surface area (Å²) >= 11 is 0. The summed E-state index contributed by atoms with van der Waals surface area (Å²) in [6.07, 6.45) is 0.178. The Kier molecular flexibility index (Phi) is 3.45. The Morgan fingerprint density at radius 1 is 1.27 bits per heavy atom. The Balaban J connectivity index is 2.55. The first kappa shape index (κ1) is 11.7. The normalized spacial score (nSPS) is 11.2. The van der Waals surface area contributed by atoms with Crippen molar-refractivity contribution in [1.82, 2.24) is 0 Å². The summed E-state index contributed by atoms with van der Waals surface area (Å²) in [6.45, 7) is 5.45. The summed E-state index contributed by atoms with van der Waals surface area (Å²) in [7, 11) is 0. The lowest BCUT2D eigenvalue weighted by atomic mass is 10.1. The molecule has 0 fully saturated rings. The number of ether oxygens (including phenoxy) is 1. The first-order chi connectivity index (χ1) is 6.87. The Labute approximate surface area is 89.1 Å². The van der Waals surface area contributed by atoms with Gasteiger partial charge in [0.2, 0.25) is 0 Å². The molecule has 0 atom stereocenters. The van der Waals surface area contributed by atoms with E-state index in [1.54, 1.807) is 12.1 Å². The second kappa shape index (κ2) is 4.43. The van der Waals surface area contributed by atoms with E-state index in [0.717, 1.165) is 5.56 Å². The average Bonchev–Trinajstić information content (AvgIpc) is 2.05. The third-order valence-electron chi connectivity index (χ3n) is 1.68. The fourth-order valence-electron chi connectivity index (χ4n) is 1.15. The highest BCUT2D eigenvalue weighted by Crippen LogP contribution is 2.10. The van der Waals surface area contributed by atoms with Gasteiger partial charge in [0.15, 0.2) is 0 Å². The summed E-state index contributed by atoms with van der Waals surface area (Å²) in [6, 6.07) is 5.83. The van der Waals surface area contributed by atoms with Gasteiger partial charge in [0.05, 0.1) is 6.42 Å². The first-order valence-corrected chi connectivity index (χ1v) is 4.83. The maximum absolute atomic E-state index is 12.6. The van der Waals surface area contributed by atoms with E-state index < -0.39 is 5.60 Å². The number of rotatable bonds is 2. The van der Waals surface area contributed by atoms with Gasteiger partial charge in [0.1, 0.15) is 11.4 Å². The second-order valence-corrected chi connectivity index (χ2v) is 4.39. The van der Waals surface area contributed by atoms with Gasteiger partial charge in [-0.05, 0) is 38.5 Å². The van der Waals surface area contributed by atoms with Crippen LogP contribution in [-0.2, 0) is 16.0 Å². The van der Waals surface area contributed by atoms with Crippen LogP contribution in [0.3, 0.4) is 0 Å². The molecular weight excluding hydrogens is 195 g/mol. The highest BCUT2D eigenvalue weighted by molar-refractivity contribution is 5.72. The lowest BCUT2D eigenvalue weighted by Crippen LogP contribution is -2.24. The molecule has 1 rings (SSSR count). The zero-order chi connectivity index (χ0) is 11.5. The van der Waals surface area contributed by atoms with E-state index in [0.29, 0.717) is 0 Å². The molecule has 0 saturated heterocycles. The zero-order valence-corrected chi connectivity index (χ0v) is 9.21. The number of carbonyl (C=O) groups excluding carboxylic acids is 1. The van der Waals surface area contributed by atoms with Crippen molar-refractivity contribution in [2.75, 3.05) is 0 Å². The summed E-state index contributed by atoms with van der Waals surface area (Å²) in [4.78, 5) is 11.4. The third-order valence-corrected chi connectivity index (χ3v) is 1.68. The summed E-state index contributed by atoms with van der Waals surface area (Å²) in [5.74, 6) is -0.600. The van der Waals surface area contributed by atoms with Gasteiger partial charge < -0.3 is 4.74 Å². The summed E-state index contributed by atoms with van der Waals surface area (Å²) < 4.78 is 17.7. The molecule has 15 heavy (non-hydrogen) atoms. The van der Waals surface area contributed by atoms with E-state index in [2.05, 4.69) is 0 Å². The molecule has 0 aromatic heterocycles. The molecule has 0 heterocycles. The van der Waals surface area contributed by atoms with Crippen molar-refractivity contribution in [2.45, 2.75) is 32.8 Å². The number of halogens is 1. The molecule has 2 nitrogen and oxygen atoms in total. The van der Waals surface area contributed by atoms with Crippen molar-refractivity contribution in [2.24, 2.45) is 0 Å². The Bertz CT molecular complexity index is 336. The highest BCUT2D eigenvalue weighted by atomic mass is 19.1. The molecule has 0 amide bonds. The van der Waals surface area contributed by atoms with Crippen molar-refractivity contribution in [3.63, 3.8) is 0 Å². The van der Waals surface area contributed by atoms with Crippen LogP contribution < -0.4 is 0 Å². The maximum Gasteiger partial charge on any atom is 0.310 e. The molecule has 1 aromatic rings. The van der Waals surface area contributed by atoms with Crippen LogP contribution in [0.2, 0.25) is 0 Å². The summed E-state index contributed by atoms with van der Waals surface area (Å²) in [5.41, 5.74) is 0.280. The molecular formula is C12H15FO2. The molecule has 0 unspecified atom stereocenters. The van der Waals surface area contributed by atoms with Gasteiger partial charge in [-0.1, -0.05) is 12.1 Å². The molecule has 0 aliphatic heterocycles. The number of esters is 1. The monoisotopic (exact) mass is 210 g/mol. The molecule has 0 N–H and O–H groups in total. The van der Waals surface area contributed by atoms with E-state index in [1.165, 1.54) is 12.1 Å². The minimum atomic E-state index is -0.475. The van der Waals surface area contributed by atoms with Crippen molar-refractivity contribution in [3.05, 3.63) is 35.6 Å². The molecule has 3 heteroatoms. The van der Waals surface area contributed by atoms with Crippen LogP contribution in [0.25, 0.3) is 0 Å². The standard InChI is InChI=1S/C12H15FO2/c1-12(2,3)15-11(14)8-9-4-6-10(13)7-5-9/h4-7H,8H2,1-3H3. The number of carbonyl (C=O) groups is 1. The minimum absolute atomic E-state index is 0.178. The smallest absolute Gasteiger partial charge is 0.310 e. The van der Waals surface area contributed by atoms with Gasteiger partial charge >= 0.3 is 5.97 Å². The topological polar surface area (TPSA) is 26.3 Å². The molecule has 0 spiro atoms. The average molecular weight is 210 g/mol. The van der Waals surface area contributed by atoms with Crippen molar-refractivity contribution in [3.8, 4) is 0 Å². The van der Waals surface area contributed by atoms with E-state index in [-0.39, 0.29) is 18.2 Å². The Hall–Kier alpha value is -1.38. The van der Waals surface area contributed by atoms with Gasteiger partial charge in [-0.3, -0.25) is 4.79 Å². The first-order valence-electron chi connectivity index (χ1n) is 4.83. The predicted molar refractivity (Wildman–Crippen MR) is 55.9 cm³/mol. The molecule has 0 radical (unpaired) electrons. The summed E-state index contributed by atoms with van der Waals surface area (Å²) in [5, 5.41) is 0. The van der Waals surface area contributed by atoms with Crippen LogP contribution in [0.5, 0.6) is 0 Å². The fourth-order valence-corrected chi connectivity index (χ4v) is 1.15. The fraction of sp³-hybridized carbons (Fsp3) is 0.417. The molecule has 0 aliphatic carbocycles. The Morgan fingerprint density at radius 2 is 1.80 bits per heavy atom. The molecule has 1 aromatic carbocycles. The quantitative estimate of drug-likeness (QED) is 0.701. The van der Waals surface area contributed by atoms with E-state index in [9.17, 15) is 9.18 Å².